The third-order valence-corrected chi connectivity index (χ3v) is 3.09. The fraction of sp³-hybridized carbons (Fsp3) is 0.0714. The van der Waals surface area contributed by atoms with Gasteiger partial charge in [-0.3, -0.25) is 4.98 Å². The van der Waals surface area contributed by atoms with Gasteiger partial charge >= 0.3 is 5.69 Å². The summed E-state index contributed by atoms with van der Waals surface area (Å²) in [6.07, 6.45) is 0. The third kappa shape index (κ3) is 2.12. The summed E-state index contributed by atoms with van der Waals surface area (Å²) in [5, 5.41) is 10.0. The van der Waals surface area contributed by atoms with Gasteiger partial charge in [0.25, 0.3) is 0 Å². The molecule has 0 unspecified atom stereocenters. The van der Waals surface area contributed by atoms with Crippen molar-refractivity contribution in [3.05, 3.63) is 52.1 Å². The Labute approximate surface area is 116 Å². The molecule has 2 aromatic heterocycles. The van der Waals surface area contributed by atoms with E-state index in [0.717, 1.165) is 12.1 Å². The number of aromatic hydroxyl groups is 1. The van der Waals surface area contributed by atoms with Crippen LogP contribution in [0.25, 0.3) is 22.3 Å². The quantitative estimate of drug-likeness (QED) is 0.720. The van der Waals surface area contributed by atoms with E-state index < -0.39 is 23.1 Å². The van der Waals surface area contributed by atoms with Gasteiger partial charge in [-0.2, -0.15) is 4.98 Å². The first-order chi connectivity index (χ1) is 9.97. The van der Waals surface area contributed by atoms with Crippen LogP contribution in [0.5, 0.6) is 5.75 Å². The van der Waals surface area contributed by atoms with Crippen LogP contribution in [0.1, 0.15) is 5.69 Å². The second kappa shape index (κ2) is 4.62. The molecular formula is C14H9F2N3O2. The molecule has 21 heavy (non-hydrogen) atoms. The maximum absolute atomic E-state index is 14.2. The van der Waals surface area contributed by atoms with Gasteiger partial charge in [-0.25, -0.2) is 18.6 Å². The molecule has 0 bridgehead atoms. The number of benzene rings is 1. The molecule has 2 N–H and O–H groups in total. The number of phenols is 1. The molecule has 3 rings (SSSR count). The van der Waals surface area contributed by atoms with Crippen molar-refractivity contribution in [2.45, 2.75) is 6.92 Å². The van der Waals surface area contributed by atoms with E-state index in [2.05, 4.69) is 15.0 Å². The number of hydrogen-bond donors (Lipinski definition) is 2. The van der Waals surface area contributed by atoms with Crippen molar-refractivity contribution in [1.82, 2.24) is 15.0 Å². The number of fused-ring (bicyclic) bond motifs is 1. The van der Waals surface area contributed by atoms with Crippen molar-refractivity contribution in [2.75, 3.05) is 0 Å². The molecule has 7 heteroatoms. The first-order valence-electron chi connectivity index (χ1n) is 6.02. The highest BCUT2D eigenvalue weighted by Gasteiger charge is 2.18. The highest BCUT2D eigenvalue weighted by Crippen LogP contribution is 2.33. The maximum Gasteiger partial charge on any atom is 0.346 e. The number of nitrogens with one attached hydrogen (secondary N) is 1. The van der Waals surface area contributed by atoms with E-state index in [1.807, 2.05) is 0 Å². The molecule has 0 saturated carbocycles. The van der Waals surface area contributed by atoms with Crippen LogP contribution in [0.2, 0.25) is 0 Å². The first kappa shape index (κ1) is 13.2. The molecule has 0 radical (unpaired) electrons. The molecule has 0 saturated heterocycles. The predicted molar refractivity (Wildman–Crippen MR) is 71.9 cm³/mol. The zero-order chi connectivity index (χ0) is 15.1. The van der Waals surface area contributed by atoms with E-state index in [9.17, 15) is 18.7 Å². The number of aryl methyl sites for hydroxylation is 1. The van der Waals surface area contributed by atoms with Gasteiger partial charge in [-0.15, -0.1) is 0 Å². The number of hydrogen-bond acceptors (Lipinski definition) is 4. The van der Waals surface area contributed by atoms with Crippen molar-refractivity contribution in [2.24, 2.45) is 0 Å². The largest absolute Gasteiger partial charge is 0.507 e. The van der Waals surface area contributed by atoms with E-state index in [1.54, 1.807) is 6.92 Å². The van der Waals surface area contributed by atoms with Gasteiger partial charge in [0, 0.05) is 5.39 Å². The van der Waals surface area contributed by atoms with E-state index in [0.29, 0.717) is 11.1 Å². The van der Waals surface area contributed by atoms with Crippen LogP contribution in [0.4, 0.5) is 8.78 Å². The smallest absolute Gasteiger partial charge is 0.346 e. The molecule has 0 aliphatic carbocycles. The number of phenolic OH excluding ortho intramolecular Hbond substituents is 1. The summed E-state index contributed by atoms with van der Waals surface area (Å²) >= 11 is 0. The van der Waals surface area contributed by atoms with Crippen LogP contribution in [-0.4, -0.2) is 20.1 Å². The van der Waals surface area contributed by atoms with E-state index in [1.165, 1.54) is 12.1 Å². The second-order valence-corrected chi connectivity index (χ2v) is 4.48. The highest BCUT2D eigenvalue weighted by atomic mass is 19.1. The zero-order valence-corrected chi connectivity index (χ0v) is 10.8. The van der Waals surface area contributed by atoms with Crippen LogP contribution in [0.15, 0.2) is 29.1 Å². The Hall–Kier alpha value is -2.83. The number of H-pyrrole nitrogens is 1. The summed E-state index contributed by atoms with van der Waals surface area (Å²) in [5.74, 6) is -2.07. The average molecular weight is 289 g/mol. The Morgan fingerprint density at radius 3 is 2.67 bits per heavy atom. The van der Waals surface area contributed by atoms with E-state index in [-0.39, 0.29) is 16.9 Å². The lowest BCUT2D eigenvalue weighted by atomic mass is 10.1. The number of aromatic nitrogens is 3. The summed E-state index contributed by atoms with van der Waals surface area (Å²) in [5.41, 5.74) is -0.981. The molecule has 1 aromatic carbocycles. The molecular weight excluding hydrogens is 280 g/mol. The zero-order valence-electron chi connectivity index (χ0n) is 10.8. The van der Waals surface area contributed by atoms with Gasteiger partial charge in [-0.1, -0.05) is 6.07 Å². The number of nitrogens with zero attached hydrogens (tertiary/aromatic N) is 2. The number of halogens is 2. The van der Waals surface area contributed by atoms with Crippen molar-refractivity contribution in [3.8, 4) is 17.0 Å². The number of aromatic amines is 1. The summed E-state index contributed by atoms with van der Waals surface area (Å²) in [6.45, 7) is 1.54. The van der Waals surface area contributed by atoms with Crippen molar-refractivity contribution in [1.29, 1.82) is 0 Å². The SMILES string of the molecule is Cc1nc(=O)[nH]c2nc(-c3c(O)cccc3F)c(F)cc12. The summed E-state index contributed by atoms with van der Waals surface area (Å²) in [4.78, 5) is 21.3. The molecule has 0 spiro atoms. The first-order valence-corrected chi connectivity index (χ1v) is 6.02. The van der Waals surface area contributed by atoms with Crippen LogP contribution < -0.4 is 5.69 Å². The Morgan fingerprint density at radius 1 is 1.19 bits per heavy atom. The molecule has 0 aliphatic rings. The van der Waals surface area contributed by atoms with Gasteiger partial charge in [0.2, 0.25) is 0 Å². The second-order valence-electron chi connectivity index (χ2n) is 4.48. The number of rotatable bonds is 1. The van der Waals surface area contributed by atoms with Crippen LogP contribution in [-0.2, 0) is 0 Å². The van der Waals surface area contributed by atoms with Crippen LogP contribution in [0, 0.1) is 18.6 Å². The molecule has 0 fully saturated rings. The lowest BCUT2D eigenvalue weighted by Crippen LogP contribution is -2.13. The van der Waals surface area contributed by atoms with Crippen LogP contribution >= 0.6 is 0 Å². The monoisotopic (exact) mass is 289 g/mol. The Morgan fingerprint density at radius 2 is 1.95 bits per heavy atom. The Kier molecular flexibility index (Phi) is 2.90. The molecule has 0 amide bonds. The fourth-order valence-electron chi connectivity index (χ4n) is 2.12. The summed E-state index contributed by atoms with van der Waals surface area (Å²) in [7, 11) is 0. The van der Waals surface area contributed by atoms with Crippen molar-refractivity contribution in [3.63, 3.8) is 0 Å². The Bertz CT molecular complexity index is 902. The minimum atomic E-state index is -0.820. The summed E-state index contributed by atoms with van der Waals surface area (Å²) < 4.78 is 28.0. The highest BCUT2D eigenvalue weighted by molar-refractivity contribution is 5.81. The lowest BCUT2D eigenvalue weighted by Gasteiger charge is -2.08. The molecule has 3 aromatic rings. The molecule has 2 heterocycles. The Balaban J connectivity index is 2.39. The van der Waals surface area contributed by atoms with Gasteiger partial charge in [0.15, 0.2) is 5.82 Å². The van der Waals surface area contributed by atoms with E-state index >= 15 is 0 Å². The maximum atomic E-state index is 14.2. The predicted octanol–water partition coefficient (Wildman–Crippen LogP) is 2.28. The van der Waals surface area contributed by atoms with Crippen molar-refractivity contribution >= 4 is 11.0 Å². The lowest BCUT2D eigenvalue weighted by molar-refractivity contribution is 0.470. The minimum Gasteiger partial charge on any atom is -0.507 e. The average Bonchev–Trinajstić information content (AvgIpc) is 2.40. The van der Waals surface area contributed by atoms with E-state index in [4.69, 9.17) is 0 Å². The minimum absolute atomic E-state index is 0.0755. The molecule has 5 nitrogen and oxygen atoms in total. The standard InChI is InChI=1S/C14H9F2N3O2/c1-6-7-5-9(16)12(18-13(7)19-14(21)17-6)11-8(15)3-2-4-10(11)20/h2-5,20H,1H3,(H,17,18,19,21). The van der Waals surface area contributed by atoms with Gasteiger partial charge in [0.1, 0.15) is 22.9 Å². The molecule has 0 atom stereocenters. The normalized spacial score (nSPS) is 11.0. The molecule has 0 aliphatic heterocycles. The third-order valence-electron chi connectivity index (χ3n) is 3.09. The fourth-order valence-corrected chi connectivity index (χ4v) is 2.12. The molecule has 106 valence electrons. The van der Waals surface area contributed by atoms with Gasteiger partial charge in [-0.05, 0) is 25.1 Å². The van der Waals surface area contributed by atoms with Crippen molar-refractivity contribution < 1.29 is 13.9 Å². The van der Waals surface area contributed by atoms with Crippen LogP contribution in [0.3, 0.4) is 0 Å². The van der Waals surface area contributed by atoms with Gasteiger partial charge < -0.3 is 5.11 Å². The summed E-state index contributed by atoms with van der Waals surface area (Å²) in [6, 6.07) is 4.70. The topological polar surface area (TPSA) is 78.9 Å². The van der Waals surface area contributed by atoms with Gasteiger partial charge in [0.05, 0.1) is 11.3 Å². The number of pyridine rings is 1.